The molecule has 1 saturated carbocycles. The molecule has 1 fully saturated rings. The molecule has 0 atom stereocenters. The van der Waals surface area contributed by atoms with Gasteiger partial charge in [0, 0.05) is 7.11 Å². The predicted molar refractivity (Wildman–Crippen MR) is 70.1 cm³/mol. The molecule has 3 heteroatoms. The van der Waals surface area contributed by atoms with Gasteiger partial charge in [-0.1, -0.05) is 31.4 Å². The molecule has 98 valence electrons. The molecule has 0 heterocycles. The summed E-state index contributed by atoms with van der Waals surface area (Å²) in [5, 5.41) is 0. The summed E-state index contributed by atoms with van der Waals surface area (Å²) in [6.45, 7) is 0. The molecule has 0 spiro atoms. The zero-order valence-electron chi connectivity index (χ0n) is 11.1. The minimum Gasteiger partial charge on any atom is -0.496 e. The van der Waals surface area contributed by atoms with Crippen LogP contribution in [0.5, 0.6) is 5.75 Å². The Bertz CT molecular complexity index is 420. The van der Waals surface area contributed by atoms with Crippen LogP contribution in [0.3, 0.4) is 0 Å². The number of Topliss-reactive ketones (excluding diaryl/α,β-unsaturated/α-hetero) is 1. The van der Waals surface area contributed by atoms with Crippen LogP contribution in [0.1, 0.15) is 42.5 Å². The van der Waals surface area contributed by atoms with E-state index in [4.69, 9.17) is 9.47 Å². The standard InChI is InChI=1S/C15H20O3/c1-17-13-9-5-4-8-12(13)14(16)15(18-2)10-6-3-7-11-15/h4-5,8-9H,3,6-7,10-11H2,1-2H3. The Morgan fingerprint density at radius 1 is 1.11 bits per heavy atom. The zero-order chi connectivity index (χ0) is 13.0. The van der Waals surface area contributed by atoms with E-state index in [1.165, 1.54) is 6.42 Å². The topological polar surface area (TPSA) is 35.5 Å². The lowest BCUT2D eigenvalue weighted by Gasteiger charge is -2.34. The SMILES string of the molecule is COc1ccccc1C(=O)C1(OC)CCCCC1. The quantitative estimate of drug-likeness (QED) is 0.767. The lowest BCUT2D eigenvalue weighted by molar-refractivity contribution is -0.0195. The van der Waals surface area contributed by atoms with Crippen LogP contribution in [0.15, 0.2) is 24.3 Å². The number of benzene rings is 1. The molecule has 0 aromatic heterocycles. The molecule has 1 aromatic rings. The average molecular weight is 248 g/mol. The summed E-state index contributed by atoms with van der Waals surface area (Å²) >= 11 is 0. The van der Waals surface area contributed by atoms with Gasteiger partial charge in [-0.25, -0.2) is 0 Å². The molecule has 0 aliphatic heterocycles. The Kier molecular flexibility index (Phi) is 4.02. The molecule has 0 amide bonds. The number of ketones is 1. The number of hydrogen-bond acceptors (Lipinski definition) is 3. The smallest absolute Gasteiger partial charge is 0.198 e. The molecular formula is C15H20O3. The minimum atomic E-state index is -0.646. The number of ether oxygens (including phenoxy) is 2. The van der Waals surface area contributed by atoms with Gasteiger partial charge >= 0.3 is 0 Å². The Labute approximate surface area is 108 Å². The number of carbonyl (C=O) groups is 1. The van der Waals surface area contributed by atoms with E-state index in [9.17, 15) is 4.79 Å². The van der Waals surface area contributed by atoms with Crippen molar-refractivity contribution in [1.82, 2.24) is 0 Å². The lowest BCUT2D eigenvalue weighted by atomic mass is 9.79. The van der Waals surface area contributed by atoms with E-state index in [1.807, 2.05) is 24.3 Å². The third-order valence-corrected chi connectivity index (χ3v) is 3.82. The van der Waals surface area contributed by atoms with Gasteiger partial charge in [-0.2, -0.15) is 0 Å². The number of hydrogen-bond donors (Lipinski definition) is 0. The number of methoxy groups -OCH3 is 2. The van der Waals surface area contributed by atoms with E-state index in [0.29, 0.717) is 11.3 Å². The van der Waals surface area contributed by atoms with Crippen molar-refractivity contribution in [2.24, 2.45) is 0 Å². The molecule has 2 rings (SSSR count). The van der Waals surface area contributed by atoms with Crippen molar-refractivity contribution >= 4 is 5.78 Å². The third kappa shape index (κ3) is 2.27. The van der Waals surface area contributed by atoms with Crippen LogP contribution in [0, 0.1) is 0 Å². The highest BCUT2D eigenvalue weighted by molar-refractivity contribution is 6.04. The fraction of sp³-hybridized carbons (Fsp3) is 0.533. The normalized spacial score (nSPS) is 18.3. The summed E-state index contributed by atoms with van der Waals surface area (Å²) in [4.78, 5) is 12.7. The molecule has 0 N–H and O–H groups in total. The fourth-order valence-electron chi connectivity index (χ4n) is 2.72. The maximum absolute atomic E-state index is 12.7. The highest BCUT2D eigenvalue weighted by atomic mass is 16.5. The number of carbonyl (C=O) groups excluding carboxylic acids is 1. The maximum atomic E-state index is 12.7. The summed E-state index contributed by atoms with van der Waals surface area (Å²) in [5.41, 5.74) is -0.0175. The molecule has 1 aliphatic carbocycles. The van der Waals surface area contributed by atoms with Crippen LogP contribution in [0.2, 0.25) is 0 Å². The number of rotatable bonds is 4. The molecule has 0 radical (unpaired) electrons. The van der Waals surface area contributed by atoms with Crippen LogP contribution < -0.4 is 4.74 Å². The first kappa shape index (κ1) is 13.1. The Balaban J connectivity index is 2.33. The van der Waals surface area contributed by atoms with Crippen molar-refractivity contribution in [2.45, 2.75) is 37.7 Å². The lowest BCUT2D eigenvalue weighted by Crippen LogP contribution is -2.42. The van der Waals surface area contributed by atoms with Gasteiger partial charge in [0.15, 0.2) is 5.78 Å². The van der Waals surface area contributed by atoms with Crippen LogP contribution >= 0.6 is 0 Å². The summed E-state index contributed by atoms with van der Waals surface area (Å²) < 4.78 is 10.9. The highest BCUT2D eigenvalue weighted by Crippen LogP contribution is 2.36. The maximum Gasteiger partial charge on any atom is 0.198 e. The molecule has 0 unspecified atom stereocenters. The zero-order valence-corrected chi connectivity index (χ0v) is 11.1. The summed E-state index contributed by atoms with van der Waals surface area (Å²) in [7, 11) is 3.23. The first-order valence-corrected chi connectivity index (χ1v) is 6.46. The summed E-state index contributed by atoms with van der Waals surface area (Å²) in [6.07, 6.45) is 4.90. The van der Waals surface area contributed by atoms with Gasteiger partial charge in [0.1, 0.15) is 11.4 Å². The van der Waals surface area contributed by atoms with Gasteiger partial charge in [-0.05, 0) is 25.0 Å². The van der Waals surface area contributed by atoms with E-state index >= 15 is 0 Å². The number of para-hydroxylation sites is 1. The van der Waals surface area contributed by atoms with Crippen molar-refractivity contribution < 1.29 is 14.3 Å². The Morgan fingerprint density at radius 3 is 2.39 bits per heavy atom. The molecule has 3 nitrogen and oxygen atoms in total. The second-order valence-electron chi connectivity index (χ2n) is 4.79. The van der Waals surface area contributed by atoms with E-state index in [2.05, 4.69) is 0 Å². The molecule has 0 bridgehead atoms. The van der Waals surface area contributed by atoms with E-state index in [0.717, 1.165) is 25.7 Å². The van der Waals surface area contributed by atoms with Gasteiger partial charge in [-0.3, -0.25) is 4.79 Å². The third-order valence-electron chi connectivity index (χ3n) is 3.82. The highest BCUT2D eigenvalue weighted by Gasteiger charge is 2.40. The second-order valence-corrected chi connectivity index (χ2v) is 4.79. The Hall–Kier alpha value is -1.35. The molecule has 0 saturated heterocycles. The van der Waals surface area contributed by atoms with Crippen LogP contribution in [0.4, 0.5) is 0 Å². The average Bonchev–Trinajstić information content (AvgIpc) is 2.47. The van der Waals surface area contributed by atoms with Crippen LogP contribution in [0.25, 0.3) is 0 Å². The minimum absolute atomic E-state index is 0.0575. The summed E-state index contributed by atoms with van der Waals surface area (Å²) in [6, 6.07) is 7.37. The first-order valence-electron chi connectivity index (χ1n) is 6.46. The molecule has 18 heavy (non-hydrogen) atoms. The largest absolute Gasteiger partial charge is 0.496 e. The fourth-order valence-corrected chi connectivity index (χ4v) is 2.72. The van der Waals surface area contributed by atoms with Gasteiger partial charge in [0.2, 0.25) is 0 Å². The van der Waals surface area contributed by atoms with Crippen LogP contribution in [-0.4, -0.2) is 25.6 Å². The summed E-state index contributed by atoms with van der Waals surface area (Å²) in [5.74, 6) is 0.687. The van der Waals surface area contributed by atoms with Crippen molar-refractivity contribution in [3.8, 4) is 5.75 Å². The first-order chi connectivity index (χ1) is 8.73. The van der Waals surface area contributed by atoms with Crippen molar-refractivity contribution in [1.29, 1.82) is 0 Å². The van der Waals surface area contributed by atoms with E-state index in [1.54, 1.807) is 14.2 Å². The van der Waals surface area contributed by atoms with Gasteiger partial charge in [0.05, 0.1) is 12.7 Å². The molecule has 1 aromatic carbocycles. The predicted octanol–water partition coefficient (Wildman–Crippen LogP) is 3.23. The monoisotopic (exact) mass is 248 g/mol. The molecule has 1 aliphatic rings. The van der Waals surface area contributed by atoms with Crippen molar-refractivity contribution in [2.75, 3.05) is 14.2 Å². The van der Waals surface area contributed by atoms with Crippen molar-refractivity contribution in [3.63, 3.8) is 0 Å². The van der Waals surface area contributed by atoms with E-state index in [-0.39, 0.29) is 5.78 Å². The van der Waals surface area contributed by atoms with Crippen molar-refractivity contribution in [3.05, 3.63) is 29.8 Å². The Morgan fingerprint density at radius 2 is 1.78 bits per heavy atom. The second kappa shape index (κ2) is 5.53. The van der Waals surface area contributed by atoms with Gasteiger partial charge in [-0.15, -0.1) is 0 Å². The van der Waals surface area contributed by atoms with Crippen LogP contribution in [-0.2, 0) is 4.74 Å². The molecular weight excluding hydrogens is 228 g/mol. The van der Waals surface area contributed by atoms with Gasteiger partial charge < -0.3 is 9.47 Å². The van der Waals surface area contributed by atoms with E-state index < -0.39 is 5.60 Å². The van der Waals surface area contributed by atoms with Gasteiger partial charge in [0.25, 0.3) is 0 Å².